The predicted octanol–water partition coefficient (Wildman–Crippen LogP) is 2.69. The lowest BCUT2D eigenvalue weighted by Gasteiger charge is -2.36. The van der Waals surface area contributed by atoms with Crippen LogP contribution in [0.15, 0.2) is 47.4 Å². The molecule has 2 aliphatic rings. The van der Waals surface area contributed by atoms with Gasteiger partial charge < -0.3 is 19.6 Å². The predicted molar refractivity (Wildman–Crippen MR) is 129 cm³/mol. The Morgan fingerprint density at radius 1 is 1.17 bits per heavy atom. The Bertz CT molecular complexity index is 1210. The Morgan fingerprint density at radius 2 is 1.86 bits per heavy atom. The van der Waals surface area contributed by atoms with Gasteiger partial charge in [0.15, 0.2) is 5.75 Å². The molecule has 0 radical (unpaired) electrons. The normalized spacial score (nSPS) is 17.3. The van der Waals surface area contributed by atoms with E-state index in [9.17, 15) is 29.6 Å². The molecule has 35 heavy (non-hydrogen) atoms. The molecular formula is C23H22N4O7S. The third kappa shape index (κ3) is 5.06. The van der Waals surface area contributed by atoms with E-state index >= 15 is 0 Å². The van der Waals surface area contributed by atoms with Gasteiger partial charge in [-0.15, -0.1) is 0 Å². The molecule has 0 atom stereocenters. The first-order valence-electron chi connectivity index (χ1n) is 10.7. The van der Waals surface area contributed by atoms with Crippen LogP contribution < -0.4 is 9.64 Å². The van der Waals surface area contributed by atoms with Gasteiger partial charge in [0.05, 0.1) is 16.9 Å². The molecule has 0 aromatic heterocycles. The zero-order valence-corrected chi connectivity index (χ0v) is 19.6. The summed E-state index contributed by atoms with van der Waals surface area (Å²) < 4.78 is 4.96. The number of carbonyl (C=O) groups excluding carboxylic acids is 3. The van der Waals surface area contributed by atoms with Crippen LogP contribution in [0.3, 0.4) is 0 Å². The monoisotopic (exact) mass is 498 g/mol. The van der Waals surface area contributed by atoms with Crippen LogP contribution in [0.4, 0.5) is 16.2 Å². The van der Waals surface area contributed by atoms with Crippen LogP contribution in [0.25, 0.3) is 6.08 Å². The molecule has 0 unspecified atom stereocenters. The summed E-state index contributed by atoms with van der Waals surface area (Å²) in [5, 5.41) is 20.5. The summed E-state index contributed by atoms with van der Waals surface area (Å²) in [6.45, 7) is 1.83. The molecule has 2 saturated heterocycles. The number of phenols is 1. The van der Waals surface area contributed by atoms with E-state index in [0.29, 0.717) is 37.9 Å². The lowest BCUT2D eigenvalue weighted by atomic mass is 10.1. The highest BCUT2D eigenvalue weighted by Gasteiger charge is 2.37. The second kappa shape index (κ2) is 10.1. The van der Waals surface area contributed by atoms with Crippen LogP contribution in [0.5, 0.6) is 11.5 Å². The molecule has 182 valence electrons. The first-order chi connectivity index (χ1) is 16.8. The number of carbonyl (C=O) groups is 3. The van der Waals surface area contributed by atoms with Gasteiger partial charge in [-0.25, -0.2) is 0 Å². The number of aromatic hydroxyl groups is 1. The van der Waals surface area contributed by atoms with Crippen LogP contribution in [0.2, 0.25) is 0 Å². The molecule has 2 aliphatic heterocycles. The Morgan fingerprint density at radius 3 is 2.49 bits per heavy atom. The van der Waals surface area contributed by atoms with Crippen molar-refractivity contribution < 1.29 is 29.2 Å². The molecule has 4 rings (SSSR count). The average molecular weight is 499 g/mol. The maximum absolute atomic E-state index is 12.8. The van der Waals surface area contributed by atoms with E-state index in [2.05, 4.69) is 4.90 Å². The Balaban J connectivity index is 1.43. The molecule has 11 nitrogen and oxygen atoms in total. The van der Waals surface area contributed by atoms with Crippen molar-refractivity contribution in [2.75, 3.05) is 44.7 Å². The van der Waals surface area contributed by atoms with E-state index in [1.165, 1.54) is 19.3 Å². The number of para-hydroxylation sites is 1. The number of nitrogens with zero attached hydrogens (tertiary/aromatic N) is 4. The van der Waals surface area contributed by atoms with Gasteiger partial charge in [-0.3, -0.25) is 29.4 Å². The molecule has 2 heterocycles. The maximum atomic E-state index is 12.8. The summed E-state index contributed by atoms with van der Waals surface area (Å²) >= 11 is 0.641. The zero-order chi connectivity index (χ0) is 25.1. The number of methoxy groups -OCH3 is 1. The van der Waals surface area contributed by atoms with E-state index in [1.54, 1.807) is 4.90 Å². The summed E-state index contributed by atoms with van der Waals surface area (Å²) in [5.41, 5.74) is 0.668. The zero-order valence-electron chi connectivity index (χ0n) is 18.7. The summed E-state index contributed by atoms with van der Waals surface area (Å²) in [5.74, 6) is -1.77. The second-order valence-corrected chi connectivity index (χ2v) is 8.81. The minimum absolute atomic E-state index is 0.0127. The molecule has 2 fully saturated rings. The van der Waals surface area contributed by atoms with Crippen LogP contribution in [-0.4, -0.2) is 76.7 Å². The Kier molecular flexibility index (Phi) is 6.92. The van der Waals surface area contributed by atoms with Gasteiger partial charge in [0.2, 0.25) is 11.7 Å². The Labute approximate surface area is 204 Å². The summed E-state index contributed by atoms with van der Waals surface area (Å²) in [6.07, 6.45) is 1.29. The summed E-state index contributed by atoms with van der Waals surface area (Å²) in [7, 11) is 1.24. The standard InChI is InChI=1S/C23H22N4O7S/c1-34-18-12-15(11-17(21(18)29)27(32)33)13-19-22(30)26(23(31)35-19)14-20(28)25-9-7-24(8-10-25)16-5-3-2-4-6-16/h2-6,11-13,29H,7-10,14H2,1H3/b19-13+. The third-order valence-electron chi connectivity index (χ3n) is 5.71. The van der Waals surface area contributed by atoms with E-state index in [4.69, 9.17) is 4.74 Å². The van der Waals surface area contributed by atoms with E-state index in [-0.39, 0.29) is 28.7 Å². The van der Waals surface area contributed by atoms with Crippen molar-refractivity contribution in [1.82, 2.24) is 9.80 Å². The minimum atomic E-state index is -0.781. The fourth-order valence-electron chi connectivity index (χ4n) is 3.87. The van der Waals surface area contributed by atoms with Crippen molar-refractivity contribution in [2.45, 2.75) is 0 Å². The topological polar surface area (TPSA) is 134 Å². The van der Waals surface area contributed by atoms with Gasteiger partial charge in [0, 0.05) is 37.9 Å². The lowest BCUT2D eigenvalue weighted by Crippen LogP contribution is -2.51. The molecule has 3 amide bonds. The van der Waals surface area contributed by atoms with Gasteiger partial charge in [0.1, 0.15) is 6.54 Å². The highest BCUT2D eigenvalue weighted by Crippen LogP contribution is 2.39. The number of imide groups is 1. The van der Waals surface area contributed by atoms with Gasteiger partial charge in [0.25, 0.3) is 11.1 Å². The summed E-state index contributed by atoms with van der Waals surface area (Å²) in [6, 6.07) is 12.2. The molecular weight excluding hydrogens is 476 g/mol. The Hall–Kier alpha value is -4.06. The fourth-order valence-corrected chi connectivity index (χ4v) is 4.71. The number of phenolic OH excluding ortho intramolecular Hbond substituents is 1. The fraction of sp³-hybridized carbons (Fsp3) is 0.261. The number of nitro groups is 1. The van der Waals surface area contributed by atoms with Crippen LogP contribution in [0, 0.1) is 10.1 Å². The first-order valence-corrected chi connectivity index (χ1v) is 11.5. The van der Waals surface area contributed by atoms with Crippen molar-refractivity contribution in [3.8, 4) is 11.5 Å². The van der Waals surface area contributed by atoms with E-state index in [1.807, 2.05) is 30.3 Å². The average Bonchev–Trinajstić information content (AvgIpc) is 3.12. The molecule has 1 N–H and O–H groups in total. The quantitative estimate of drug-likeness (QED) is 0.362. The molecule has 0 spiro atoms. The largest absolute Gasteiger partial charge is 0.500 e. The van der Waals surface area contributed by atoms with Crippen molar-refractivity contribution in [3.63, 3.8) is 0 Å². The smallest absolute Gasteiger partial charge is 0.315 e. The highest BCUT2D eigenvalue weighted by atomic mass is 32.2. The first kappa shape index (κ1) is 24.1. The van der Waals surface area contributed by atoms with Gasteiger partial charge >= 0.3 is 5.69 Å². The van der Waals surface area contributed by atoms with Crippen LogP contribution in [-0.2, 0) is 9.59 Å². The van der Waals surface area contributed by atoms with Crippen LogP contribution >= 0.6 is 11.8 Å². The number of amides is 3. The number of hydrogen-bond donors (Lipinski definition) is 1. The molecule has 2 aromatic carbocycles. The number of thioether (sulfide) groups is 1. The number of piperazine rings is 1. The van der Waals surface area contributed by atoms with Gasteiger partial charge in [-0.05, 0) is 41.6 Å². The number of anilines is 1. The third-order valence-corrected chi connectivity index (χ3v) is 6.62. The molecule has 2 aromatic rings. The minimum Gasteiger partial charge on any atom is -0.500 e. The second-order valence-electron chi connectivity index (χ2n) is 7.82. The van der Waals surface area contributed by atoms with E-state index in [0.717, 1.165) is 16.7 Å². The SMILES string of the molecule is COc1cc(/C=C2/SC(=O)N(CC(=O)N3CCN(c4ccccc4)CC3)C2=O)cc([N+](=O)[O-])c1O. The van der Waals surface area contributed by atoms with Crippen molar-refractivity contribution in [3.05, 3.63) is 63.0 Å². The van der Waals surface area contributed by atoms with Crippen molar-refractivity contribution in [1.29, 1.82) is 0 Å². The van der Waals surface area contributed by atoms with Gasteiger partial charge in [-0.1, -0.05) is 18.2 Å². The molecule has 0 aliphatic carbocycles. The lowest BCUT2D eigenvalue weighted by molar-refractivity contribution is -0.386. The maximum Gasteiger partial charge on any atom is 0.315 e. The number of ether oxygens (including phenoxy) is 1. The molecule has 0 saturated carbocycles. The molecule has 12 heteroatoms. The molecule has 0 bridgehead atoms. The number of nitro benzene ring substituents is 1. The van der Waals surface area contributed by atoms with Gasteiger partial charge in [-0.2, -0.15) is 0 Å². The van der Waals surface area contributed by atoms with Crippen molar-refractivity contribution >= 4 is 46.3 Å². The van der Waals surface area contributed by atoms with Crippen LogP contribution in [0.1, 0.15) is 5.56 Å². The summed E-state index contributed by atoms with van der Waals surface area (Å²) in [4.78, 5) is 53.2. The number of hydrogen-bond acceptors (Lipinski definition) is 9. The number of benzene rings is 2. The van der Waals surface area contributed by atoms with E-state index < -0.39 is 27.5 Å². The highest BCUT2D eigenvalue weighted by molar-refractivity contribution is 8.18. The number of rotatable bonds is 6. The van der Waals surface area contributed by atoms with Crippen molar-refractivity contribution in [2.24, 2.45) is 0 Å².